The third-order valence-corrected chi connectivity index (χ3v) is 3.25. The van der Waals surface area contributed by atoms with Crippen molar-refractivity contribution in [3.8, 4) is 5.75 Å². The van der Waals surface area contributed by atoms with Gasteiger partial charge in [-0.3, -0.25) is 4.79 Å². The maximum Gasteiger partial charge on any atom is 0.153 e. The maximum absolute atomic E-state index is 10.9. The van der Waals surface area contributed by atoms with Crippen LogP contribution in [0, 0.1) is 0 Å². The summed E-state index contributed by atoms with van der Waals surface area (Å²) in [6.45, 7) is 3.27. The van der Waals surface area contributed by atoms with E-state index in [4.69, 9.17) is 4.74 Å². The molecule has 0 bridgehead atoms. The molecule has 0 N–H and O–H groups in total. The van der Waals surface area contributed by atoms with Crippen LogP contribution in [0.2, 0.25) is 0 Å². The van der Waals surface area contributed by atoms with Crippen LogP contribution in [0.25, 0.3) is 0 Å². The van der Waals surface area contributed by atoms with Gasteiger partial charge in [0.25, 0.3) is 0 Å². The normalized spacial score (nSPS) is 10.3. The van der Waals surface area contributed by atoms with E-state index >= 15 is 0 Å². The summed E-state index contributed by atoms with van der Waals surface area (Å²) in [5.41, 5.74) is 1.51. The number of ether oxygens (including phenoxy) is 1. The molecule has 4 nitrogen and oxygen atoms in total. The molecule has 1 aromatic heterocycles. The van der Waals surface area contributed by atoms with Crippen LogP contribution in [0.5, 0.6) is 5.75 Å². The fraction of sp³-hybridized carbons (Fsp3) is 0.231. The molecular formula is C13H13BrN2O2. The molecular weight excluding hydrogens is 296 g/mol. The van der Waals surface area contributed by atoms with Crippen LogP contribution in [0.1, 0.15) is 23.0 Å². The quantitative estimate of drug-likeness (QED) is 0.797. The summed E-state index contributed by atoms with van der Waals surface area (Å²) in [4.78, 5) is 15.0. The van der Waals surface area contributed by atoms with Gasteiger partial charge in [0.15, 0.2) is 6.29 Å². The van der Waals surface area contributed by atoms with E-state index in [0.29, 0.717) is 17.9 Å². The maximum atomic E-state index is 10.9. The molecule has 0 aliphatic carbocycles. The fourth-order valence-electron chi connectivity index (χ4n) is 1.67. The van der Waals surface area contributed by atoms with Crippen LogP contribution in [0.15, 0.2) is 35.2 Å². The standard InChI is InChI=1S/C13H13BrN2O2/c1-2-16-9-15-6-11(16)8-18-13-10(7-17)4-3-5-12(13)14/h3-7,9H,2,8H2,1H3. The third kappa shape index (κ3) is 2.61. The second kappa shape index (κ2) is 5.82. The Kier molecular flexibility index (Phi) is 4.15. The molecule has 0 radical (unpaired) electrons. The number of hydrogen-bond donors (Lipinski definition) is 0. The summed E-state index contributed by atoms with van der Waals surface area (Å²) in [7, 11) is 0. The highest BCUT2D eigenvalue weighted by atomic mass is 79.9. The zero-order chi connectivity index (χ0) is 13.0. The minimum atomic E-state index is 0.386. The third-order valence-electron chi connectivity index (χ3n) is 2.63. The van der Waals surface area contributed by atoms with Gasteiger partial charge < -0.3 is 9.30 Å². The van der Waals surface area contributed by atoms with Gasteiger partial charge in [-0.1, -0.05) is 6.07 Å². The summed E-state index contributed by atoms with van der Waals surface area (Å²) < 4.78 is 8.48. The number of carbonyl (C=O) groups is 1. The molecule has 2 aromatic rings. The highest BCUT2D eigenvalue weighted by Gasteiger charge is 2.09. The number of carbonyl (C=O) groups excluding carboxylic acids is 1. The van der Waals surface area contributed by atoms with Gasteiger partial charge in [-0.15, -0.1) is 0 Å². The Bertz CT molecular complexity index is 552. The Labute approximate surface area is 114 Å². The number of nitrogens with zero attached hydrogens (tertiary/aromatic N) is 2. The Morgan fingerprint density at radius 2 is 2.33 bits per heavy atom. The zero-order valence-electron chi connectivity index (χ0n) is 9.97. The van der Waals surface area contributed by atoms with Crippen molar-refractivity contribution in [1.29, 1.82) is 0 Å². The molecule has 0 amide bonds. The monoisotopic (exact) mass is 308 g/mol. The molecule has 94 valence electrons. The minimum absolute atomic E-state index is 0.386. The number of benzene rings is 1. The largest absolute Gasteiger partial charge is 0.485 e. The van der Waals surface area contributed by atoms with Crippen molar-refractivity contribution in [2.75, 3.05) is 0 Å². The van der Waals surface area contributed by atoms with Crippen molar-refractivity contribution in [2.45, 2.75) is 20.1 Å². The van der Waals surface area contributed by atoms with Gasteiger partial charge >= 0.3 is 0 Å². The van der Waals surface area contributed by atoms with Gasteiger partial charge in [0.05, 0.1) is 28.3 Å². The first-order valence-corrected chi connectivity index (χ1v) is 6.41. The number of imidazole rings is 1. The molecule has 2 rings (SSSR count). The molecule has 1 heterocycles. The SMILES string of the molecule is CCn1cncc1COc1c(Br)cccc1C=O. The number of aldehydes is 1. The van der Waals surface area contributed by atoms with E-state index in [0.717, 1.165) is 23.0 Å². The molecule has 0 aliphatic heterocycles. The first kappa shape index (κ1) is 12.8. The van der Waals surface area contributed by atoms with Crippen molar-refractivity contribution in [1.82, 2.24) is 9.55 Å². The van der Waals surface area contributed by atoms with Gasteiger partial charge in [-0.2, -0.15) is 0 Å². The molecule has 0 saturated carbocycles. The summed E-state index contributed by atoms with van der Waals surface area (Å²) in [5, 5.41) is 0. The van der Waals surface area contributed by atoms with E-state index in [1.807, 2.05) is 17.6 Å². The summed E-state index contributed by atoms with van der Waals surface area (Å²) >= 11 is 3.38. The molecule has 5 heteroatoms. The van der Waals surface area contributed by atoms with Crippen LogP contribution >= 0.6 is 15.9 Å². The Balaban J connectivity index is 2.18. The molecule has 0 fully saturated rings. The number of rotatable bonds is 5. The zero-order valence-corrected chi connectivity index (χ0v) is 11.6. The van der Waals surface area contributed by atoms with E-state index in [2.05, 4.69) is 20.9 Å². The van der Waals surface area contributed by atoms with Crippen LogP contribution in [0.3, 0.4) is 0 Å². The minimum Gasteiger partial charge on any atom is -0.485 e. The smallest absolute Gasteiger partial charge is 0.153 e. The van der Waals surface area contributed by atoms with E-state index in [-0.39, 0.29) is 0 Å². The molecule has 0 unspecified atom stereocenters. The highest BCUT2D eigenvalue weighted by Crippen LogP contribution is 2.28. The van der Waals surface area contributed by atoms with E-state index in [1.54, 1.807) is 24.7 Å². The molecule has 0 aliphatic rings. The van der Waals surface area contributed by atoms with Gasteiger partial charge in [0.1, 0.15) is 12.4 Å². The van der Waals surface area contributed by atoms with Crippen LogP contribution in [-0.2, 0) is 13.2 Å². The average molecular weight is 309 g/mol. The first-order valence-electron chi connectivity index (χ1n) is 5.61. The average Bonchev–Trinajstić information content (AvgIpc) is 2.84. The van der Waals surface area contributed by atoms with Gasteiger partial charge in [-0.25, -0.2) is 4.98 Å². The number of hydrogen-bond acceptors (Lipinski definition) is 3. The molecule has 1 aromatic carbocycles. The Morgan fingerprint density at radius 1 is 1.50 bits per heavy atom. The van der Waals surface area contributed by atoms with Crippen molar-refractivity contribution in [2.24, 2.45) is 0 Å². The van der Waals surface area contributed by atoms with Crippen molar-refractivity contribution in [3.05, 3.63) is 46.5 Å². The Morgan fingerprint density at radius 3 is 3.06 bits per heavy atom. The highest BCUT2D eigenvalue weighted by molar-refractivity contribution is 9.10. The Hall–Kier alpha value is -1.62. The fourth-order valence-corrected chi connectivity index (χ4v) is 2.17. The molecule has 0 spiro atoms. The van der Waals surface area contributed by atoms with E-state index in [1.165, 1.54) is 0 Å². The van der Waals surface area contributed by atoms with E-state index < -0.39 is 0 Å². The number of aromatic nitrogens is 2. The van der Waals surface area contributed by atoms with Crippen LogP contribution in [0.4, 0.5) is 0 Å². The molecule has 18 heavy (non-hydrogen) atoms. The topological polar surface area (TPSA) is 44.1 Å². The second-order valence-corrected chi connectivity index (χ2v) is 4.59. The summed E-state index contributed by atoms with van der Waals surface area (Å²) in [5.74, 6) is 0.566. The summed E-state index contributed by atoms with van der Waals surface area (Å²) in [6, 6.07) is 5.38. The van der Waals surface area contributed by atoms with E-state index in [9.17, 15) is 4.79 Å². The first-order chi connectivity index (χ1) is 8.76. The lowest BCUT2D eigenvalue weighted by molar-refractivity contribution is 0.111. The molecule has 0 atom stereocenters. The number of aryl methyl sites for hydroxylation is 1. The lowest BCUT2D eigenvalue weighted by Gasteiger charge is -2.11. The van der Waals surface area contributed by atoms with Crippen LogP contribution in [-0.4, -0.2) is 15.8 Å². The molecule has 0 saturated heterocycles. The van der Waals surface area contributed by atoms with Gasteiger partial charge in [0, 0.05) is 6.54 Å². The van der Waals surface area contributed by atoms with Gasteiger partial charge in [-0.05, 0) is 35.0 Å². The second-order valence-electron chi connectivity index (χ2n) is 3.74. The van der Waals surface area contributed by atoms with Gasteiger partial charge in [0.2, 0.25) is 0 Å². The van der Waals surface area contributed by atoms with Crippen molar-refractivity contribution < 1.29 is 9.53 Å². The predicted octanol–water partition coefficient (Wildman–Crippen LogP) is 3.06. The predicted molar refractivity (Wildman–Crippen MR) is 71.8 cm³/mol. The van der Waals surface area contributed by atoms with Crippen molar-refractivity contribution in [3.63, 3.8) is 0 Å². The number of halogens is 1. The lowest BCUT2D eigenvalue weighted by Crippen LogP contribution is -2.05. The van der Waals surface area contributed by atoms with Crippen molar-refractivity contribution >= 4 is 22.2 Å². The van der Waals surface area contributed by atoms with Crippen LogP contribution < -0.4 is 4.74 Å². The lowest BCUT2D eigenvalue weighted by atomic mass is 10.2. The number of para-hydroxylation sites is 1. The summed E-state index contributed by atoms with van der Waals surface area (Å²) in [6.07, 6.45) is 4.32.